The van der Waals surface area contributed by atoms with Crippen molar-refractivity contribution in [3.8, 4) is 5.75 Å². The van der Waals surface area contributed by atoms with Gasteiger partial charge < -0.3 is 15.2 Å². The van der Waals surface area contributed by atoms with Gasteiger partial charge in [-0.1, -0.05) is 6.07 Å². The van der Waals surface area contributed by atoms with E-state index in [1.807, 2.05) is 0 Å². The molecule has 6 nitrogen and oxygen atoms in total. The van der Waals surface area contributed by atoms with Crippen LogP contribution in [0.5, 0.6) is 5.75 Å². The van der Waals surface area contributed by atoms with Gasteiger partial charge in [-0.25, -0.2) is 8.42 Å². The van der Waals surface area contributed by atoms with Gasteiger partial charge in [-0.3, -0.25) is 4.79 Å². The largest absolute Gasteiger partial charge is 0.496 e. The summed E-state index contributed by atoms with van der Waals surface area (Å²) in [7, 11) is -1.00. The Balaban J connectivity index is 3.00. The number of methoxy groups -OCH3 is 2. The van der Waals surface area contributed by atoms with E-state index in [1.165, 1.54) is 7.11 Å². The fourth-order valence-corrected chi connectivity index (χ4v) is 2.88. The van der Waals surface area contributed by atoms with Gasteiger partial charge in [-0.05, 0) is 17.7 Å². The lowest BCUT2D eigenvalue weighted by Crippen LogP contribution is -2.19. The van der Waals surface area contributed by atoms with Crippen molar-refractivity contribution in [2.75, 3.05) is 20.0 Å². The number of carbonyl (C=O) groups is 1. The van der Waals surface area contributed by atoms with Crippen LogP contribution in [0.2, 0.25) is 0 Å². The van der Waals surface area contributed by atoms with Gasteiger partial charge in [0, 0.05) is 12.1 Å². The van der Waals surface area contributed by atoms with Crippen LogP contribution < -0.4 is 10.5 Å². The van der Waals surface area contributed by atoms with E-state index in [-0.39, 0.29) is 5.75 Å². The number of nitrogens with two attached hydrogens (primary N) is 1. The van der Waals surface area contributed by atoms with E-state index in [2.05, 4.69) is 4.74 Å². The third-order valence-corrected chi connectivity index (χ3v) is 3.95. The molecule has 19 heavy (non-hydrogen) atoms. The molecule has 0 unspecified atom stereocenters. The van der Waals surface area contributed by atoms with Gasteiger partial charge in [-0.15, -0.1) is 0 Å². The molecule has 0 bridgehead atoms. The highest BCUT2D eigenvalue weighted by Crippen LogP contribution is 2.22. The van der Waals surface area contributed by atoms with E-state index >= 15 is 0 Å². The summed E-state index contributed by atoms with van der Waals surface area (Å²) >= 11 is 0. The molecule has 0 atom stereocenters. The molecule has 1 aromatic rings. The second kappa shape index (κ2) is 6.53. The first-order chi connectivity index (χ1) is 8.91. The molecule has 0 heterocycles. The zero-order valence-corrected chi connectivity index (χ0v) is 11.7. The van der Waals surface area contributed by atoms with E-state index in [1.54, 1.807) is 18.2 Å². The second-order valence-electron chi connectivity index (χ2n) is 3.96. The van der Waals surface area contributed by atoms with Crippen LogP contribution in [0, 0.1) is 0 Å². The lowest BCUT2D eigenvalue weighted by molar-refractivity contribution is -0.137. The summed E-state index contributed by atoms with van der Waals surface area (Å²) in [6, 6.07) is 5.08. The maximum Gasteiger partial charge on any atom is 0.320 e. The minimum absolute atomic E-state index is 0.293. The molecule has 1 rings (SSSR count). The first-order valence-electron chi connectivity index (χ1n) is 5.55. The van der Waals surface area contributed by atoms with Gasteiger partial charge in [0.05, 0.1) is 20.0 Å². The molecule has 0 amide bonds. The van der Waals surface area contributed by atoms with Crippen molar-refractivity contribution in [1.82, 2.24) is 0 Å². The molecular weight excluding hydrogens is 270 g/mol. The van der Waals surface area contributed by atoms with Gasteiger partial charge >= 0.3 is 5.97 Å². The number of hydrogen-bond acceptors (Lipinski definition) is 6. The summed E-state index contributed by atoms with van der Waals surface area (Å²) in [4.78, 5) is 11.0. The van der Waals surface area contributed by atoms with Gasteiger partial charge in [-0.2, -0.15) is 0 Å². The van der Waals surface area contributed by atoms with Crippen molar-refractivity contribution >= 4 is 15.8 Å². The topological polar surface area (TPSA) is 95.7 Å². The molecule has 0 aliphatic carbocycles. The first kappa shape index (κ1) is 15.5. The van der Waals surface area contributed by atoms with Gasteiger partial charge in [0.1, 0.15) is 11.5 Å². The van der Waals surface area contributed by atoms with Crippen molar-refractivity contribution in [3.05, 3.63) is 29.3 Å². The smallest absolute Gasteiger partial charge is 0.320 e. The van der Waals surface area contributed by atoms with E-state index in [9.17, 15) is 13.2 Å². The second-order valence-corrected chi connectivity index (χ2v) is 6.02. The summed E-state index contributed by atoms with van der Waals surface area (Å²) in [5.41, 5.74) is 6.79. The molecule has 0 fully saturated rings. The molecule has 0 saturated carbocycles. The van der Waals surface area contributed by atoms with Crippen LogP contribution in [0.1, 0.15) is 11.1 Å². The molecule has 0 aliphatic heterocycles. The number of ether oxygens (including phenoxy) is 2. The average Bonchev–Trinajstić information content (AvgIpc) is 2.37. The summed E-state index contributed by atoms with van der Waals surface area (Å²) in [5, 5.41) is 0. The van der Waals surface area contributed by atoms with Crippen LogP contribution in [-0.2, 0) is 31.7 Å². The number of esters is 1. The lowest BCUT2D eigenvalue weighted by Gasteiger charge is -2.10. The van der Waals surface area contributed by atoms with E-state index in [0.29, 0.717) is 17.9 Å². The minimum atomic E-state index is -3.60. The third-order valence-electron chi connectivity index (χ3n) is 2.52. The molecule has 0 radical (unpaired) electrons. The SMILES string of the molecule is COC(=O)CS(=O)(=O)Cc1cc(CN)ccc1OC. The number of benzene rings is 1. The Labute approximate surface area is 112 Å². The Kier molecular flexibility index (Phi) is 5.31. The normalized spacial score (nSPS) is 11.1. The van der Waals surface area contributed by atoms with Crippen molar-refractivity contribution in [1.29, 1.82) is 0 Å². The maximum atomic E-state index is 11.8. The number of rotatable bonds is 6. The molecule has 2 N–H and O–H groups in total. The standard InChI is InChI=1S/C12H17NO5S/c1-17-11-4-3-9(6-13)5-10(11)7-19(15,16)8-12(14)18-2/h3-5H,6-8,13H2,1-2H3. The Morgan fingerprint density at radius 1 is 1.32 bits per heavy atom. The molecule has 0 aliphatic rings. The van der Waals surface area contributed by atoms with Crippen LogP contribution in [-0.4, -0.2) is 34.4 Å². The minimum Gasteiger partial charge on any atom is -0.496 e. The van der Waals surface area contributed by atoms with Crippen LogP contribution >= 0.6 is 0 Å². The van der Waals surface area contributed by atoms with Gasteiger partial charge in [0.25, 0.3) is 0 Å². The van der Waals surface area contributed by atoms with Crippen LogP contribution in [0.3, 0.4) is 0 Å². The monoisotopic (exact) mass is 287 g/mol. The molecule has 0 saturated heterocycles. The zero-order chi connectivity index (χ0) is 14.5. The summed E-state index contributed by atoms with van der Waals surface area (Å²) < 4.78 is 33.2. The van der Waals surface area contributed by atoms with Crippen molar-refractivity contribution in [2.24, 2.45) is 5.73 Å². The van der Waals surface area contributed by atoms with Crippen molar-refractivity contribution in [3.63, 3.8) is 0 Å². The summed E-state index contributed by atoms with van der Waals surface area (Å²) in [6.07, 6.45) is 0. The van der Waals surface area contributed by atoms with Crippen LogP contribution in [0.4, 0.5) is 0 Å². The zero-order valence-electron chi connectivity index (χ0n) is 10.9. The van der Waals surface area contributed by atoms with E-state index < -0.39 is 21.6 Å². The van der Waals surface area contributed by atoms with Gasteiger partial charge in [0.15, 0.2) is 9.84 Å². The summed E-state index contributed by atoms with van der Waals surface area (Å²) in [6.45, 7) is 0.300. The van der Waals surface area contributed by atoms with E-state index in [4.69, 9.17) is 10.5 Å². The number of hydrogen-bond donors (Lipinski definition) is 1. The van der Waals surface area contributed by atoms with Crippen molar-refractivity contribution < 1.29 is 22.7 Å². The highest BCUT2D eigenvalue weighted by Gasteiger charge is 2.20. The Hall–Kier alpha value is -1.60. The van der Waals surface area contributed by atoms with Crippen LogP contribution in [0.15, 0.2) is 18.2 Å². The van der Waals surface area contributed by atoms with Crippen molar-refractivity contribution in [2.45, 2.75) is 12.3 Å². The fourth-order valence-electron chi connectivity index (χ4n) is 1.60. The number of sulfone groups is 1. The molecule has 0 spiro atoms. The first-order valence-corrected chi connectivity index (χ1v) is 7.37. The maximum absolute atomic E-state index is 11.8. The Morgan fingerprint density at radius 2 is 2.00 bits per heavy atom. The lowest BCUT2D eigenvalue weighted by atomic mass is 10.1. The van der Waals surface area contributed by atoms with Crippen LogP contribution in [0.25, 0.3) is 0 Å². The molecular formula is C12H17NO5S. The highest BCUT2D eigenvalue weighted by molar-refractivity contribution is 7.91. The molecule has 106 valence electrons. The molecule has 1 aromatic carbocycles. The highest BCUT2D eigenvalue weighted by atomic mass is 32.2. The van der Waals surface area contributed by atoms with Gasteiger partial charge in [0.2, 0.25) is 0 Å². The number of carbonyl (C=O) groups excluding carboxylic acids is 1. The quantitative estimate of drug-likeness (QED) is 0.753. The predicted molar refractivity (Wildman–Crippen MR) is 70.4 cm³/mol. The third kappa shape index (κ3) is 4.53. The predicted octanol–water partition coefficient (Wildman–Crippen LogP) is 0.242. The fraction of sp³-hybridized carbons (Fsp3) is 0.417. The molecule has 0 aromatic heterocycles. The Morgan fingerprint density at radius 3 is 2.53 bits per heavy atom. The molecule has 7 heteroatoms. The Bertz CT molecular complexity index is 553. The average molecular weight is 287 g/mol. The summed E-state index contributed by atoms with van der Waals surface area (Å²) in [5.74, 6) is -1.28. The van der Waals surface area contributed by atoms with E-state index in [0.717, 1.165) is 12.7 Å².